The molecule has 3 atom stereocenters. The van der Waals surface area contributed by atoms with Crippen molar-refractivity contribution in [1.29, 1.82) is 0 Å². The Morgan fingerprint density at radius 2 is 2.05 bits per heavy atom. The molecule has 0 spiro atoms. The quantitative estimate of drug-likeness (QED) is 0.905. The lowest BCUT2D eigenvalue weighted by atomic mass is 9.54. The number of benzene rings is 1. The van der Waals surface area contributed by atoms with E-state index < -0.39 is 0 Å². The van der Waals surface area contributed by atoms with Crippen LogP contribution in [0.15, 0.2) is 42.7 Å². The molecule has 1 heterocycles. The molecule has 2 aromatic rings. The van der Waals surface area contributed by atoms with E-state index in [1.807, 2.05) is 16.9 Å². The standard InChI is InChI=1S/C18H25N3/c1-4-18(3)16(11-17(18)19-5-2)14-12-20-21(13-14)15-9-7-6-8-10-15/h6-10,12-13,16-17,19H,4-5,11H2,1-3H3. The molecule has 1 N–H and O–H groups in total. The summed E-state index contributed by atoms with van der Waals surface area (Å²) in [6.07, 6.45) is 6.67. The fourth-order valence-corrected chi connectivity index (χ4v) is 3.67. The molecule has 0 radical (unpaired) electrons. The maximum atomic E-state index is 4.56. The van der Waals surface area contributed by atoms with Crippen LogP contribution in [0.4, 0.5) is 0 Å². The van der Waals surface area contributed by atoms with Gasteiger partial charge in [-0.1, -0.05) is 39.0 Å². The van der Waals surface area contributed by atoms with Gasteiger partial charge >= 0.3 is 0 Å². The van der Waals surface area contributed by atoms with Crippen LogP contribution in [0.2, 0.25) is 0 Å². The lowest BCUT2D eigenvalue weighted by Crippen LogP contribution is -2.56. The van der Waals surface area contributed by atoms with Gasteiger partial charge in [0.15, 0.2) is 0 Å². The van der Waals surface area contributed by atoms with Gasteiger partial charge in [0.1, 0.15) is 0 Å². The average Bonchev–Trinajstić information content (AvgIpc) is 3.00. The van der Waals surface area contributed by atoms with Crippen molar-refractivity contribution in [3.8, 4) is 5.69 Å². The molecule has 1 aromatic heterocycles. The summed E-state index contributed by atoms with van der Waals surface area (Å²) < 4.78 is 1.99. The first kappa shape index (κ1) is 14.3. The molecule has 3 rings (SSSR count). The van der Waals surface area contributed by atoms with Crippen molar-refractivity contribution in [3.63, 3.8) is 0 Å². The Morgan fingerprint density at radius 1 is 1.29 bits per heavy atom. The van der Waals surface area contributed by atoms with Gasteiger partial charge in [-0.25, -0.2) is 4.68 Å². The molecule has 112 valence electrons. The highest BCUT2D eigenvalue weighted by atomic mass is 15.3. The third-order valence-electron chi connectivity index (χ3n) is 5.30. The number of hydrogen-bond donors (Lipinski definition) is 1. The Bertz CT molecular complexity index is 590. The molecule has 1 fully saturated rings. The van der Waals surface area contributed by atoms with Gasteiger partial charge in [-0.2, -0.15) is 5.10 Å². The molecule has 1 saturated carbocycles. The van der Waals surface area contributed by atoms with Gasteiger partial charge in [0, 0.05) is 12.2 Å². The topological polar surface area (TPSA) is 29.9 Å². The van der Waals surface area contributed by atoms with E-state index in [1.54, 1.807) is 0 Å². The van der Waals surface area contributed by atoms with E-state index in [0.717, 1.165) is 12.2 Å². The Morgan fingerprint density at radius 3 is 2.71 bits per heavy atom. The molecule has 0 bridgehead atoms. The van der Waals surface area contributed by atoms with Crippen LogP contribution in [0.3, 0.4) is 0 Å². The smallest absolute Gasteiger partial charge is 0.0645 e. The third kappa shape index (κ3) is 2.40. The van der Waals surface area contributed by atoms with Gasteiger partial charge in [-0.3, -0.25) is 0 Å². The Hall–Kier alpha value is -1.61. The van der Waals surface area contributed by atoms with E-state index in [0.29, 0.717) is 17.4 Å². The van der Waals surface area contributed by atoms with Crippen LogP contribution in [0.25, 0.3) is 5.69 Å². The van der Waals surface area contributed by atoms with Gasteiger partial charge in [-0.15, -0.1) is 0 Å². The summed E-state index contributed by atoms with van der Waals surface area (Å²) in [5.41, 5.74) is 2.85. The molecule has 0 aliphatic heterocycles. The van der Waals surface area contributed by atoms with Crippen LogP contribution in [0.1, 0.15) is 45.1 Å². The molecule has 1 aliphatic carbocycles. The molecular formula is C18H25N3. The maximum absolute atomic E-state index is 4.56. The minimum atomic E-state index is 0.348. The third-order valence-corrected chi connectivity index (χ3v) is 5.30. The van der Waals surface area contributed by atoms with E-state index in [4.69, 9.17) is 0 Å². The van der Waals surface area contributed by atoms with E-state index >= 15 is 0 Å². The summed E-state index contributed by atoms with van der Waals surface area (Å²) in [5.74, 6) is 0.615. The molecule has 3 nitrogen and oxygen atoms in total. The van der Waals surface area contributed by atoms with Crippen LogP contribution >= 0.6 is 0 Å². The highest BCUT2D eigenvalue weighted by Gasteiger charge is 2.50. The number of aromatic nitrogens is 2. The fraction of sp³-hybridized carbons (Fsp3) is 0.500. The Balaban J connectivity index is 1.81. The second kappa shape index (κ2) is 5.64. The maximum Gasteiger partial charge on any atom is 0.0645 e. The van der Waals surface area contributed by atoms with Crippen molar-refractivity contribution >= 4 is 0 Å². The van der Waals surface area contributed by atoms with Crippen LogP contribution in [0, 0.1) is 5.41 Å². The van der Waals surface area contributed by atoms with E-state index in [2.05, 4.69) is 61.6 Å². The molecule has 1 aliphatic rings. The van der Waals surface area contributed by atoms with Crippen molar-refractivity contribution in [3.05, 3.63) is 48.3 Å². The number of nitrogens with zero attached hydrogens (tertiary/aromatic N) is 2. The Labute approximate surface area is 127 Å². The van der Waals surface area contributed by atoms with Crippen molar-refractivity contribution in [1.82, 2.24) is 15.1 Å². The number of para-hydroxylation sites is 1. The van der Waals surface area contributed by atoms with Crippen LogP contribution in [0.5, 0.6) is 0 Å². The zero-order valence-electron chi connectivity index (χ0n) is 13.2. The van der Waals surface area contributed by atoms with Crippen molar-refractivity contribution < 1.29 is 0 Å². The highest BCUT2D eigenvalue weighted by Crippen LogP contribution is 2.54. The van der Waals surface area contributed by atoms with Crippen LogP contribution in [-0.4, -0.2) is 22.4 Å². The first-order chi connectivity index (χ1) is 10.2. The summed E-state index contributed by atoms with van der Waals surface area (Å²) in [6.45, 7) is 7.96. The van der Waals surface area contributed by atoms with Gasteiger partial charge < -0.3 is 5.32 Å². The van der Waals surface area contributed by atoms with Gasteiger partial charge in [-0.05, 0) is 48.4 Å². The number of rotatable bonds is 5. The minimum Gasteiger partial charge on any atom is -0.314 e. The van der Waals surface area contributed by atoms with Crippen molar-refractivity contribution in [2.75, 3.05) is 6.54 Å². The minimum absolute atomic E-state index is 0.348. The predicted octanol–water partition coefficient (Wildman–Crippen LogP) is 3.75. The number of nitrogens with one attached hydrogen (secondary N) is 1. The van der Waals surface area contributed by atoms with Crippen molar-refractivity contribution in [2.24, 2.45) is 5.41 Å². The molecule has 1 aromatic carbocycles. The zero-order chi connectivity index (χ0) is 14.9. The average molecular weight is 283 g/mol. The van der Waals surface area contributed by atoms with Gasteiger partial charge in [0.25, 0.3) is 0 Å². The molecular weight excluding hydrogens is 258 g/mol. The van der Waals surface area contributed by atoms with Crippen LogP contribution in [-0.2, 0) is 0 Å². The summed E-state index contributed by atoms with van der Waals surface area (Å²) in [7, 11) is 0. The monoisotopic (exact) mass is 283 g/mol. The van der Waals surface area contributed by atoms with Gasteiger partial charge in [0.2, 0.25) is 0 Å². The lowest BCUT2D eigenvalue weighted by Gasteiger charge is -2.54. The summed E-state index contributed by atoms with van der Waals surface area (Å²) >= 11 is 0. The summed E-state index contributed by atoms with van der Waals surface area (Å²) in [6, 6.07) is 11.0. The van der Waals surface area contributed by atoms with E-state index in [9.17, 15) is 0 Å². The SMILES string of the molecule is CCNC1CC(c2cnn(-c3ccccc3)c2)C1(C)CC. The second-order valence-electron chi connectivity index (χ2n) is 6.31. The largest absolute Gasteiger partial charge is 0.314 e. The second-order valence-corrected chi connectivity index (χ2v) is 6.31. The Kier molecular flexibility index (Phi) is 3.85. The lowest BCUT2D eigenvalue weighted by molar-refractivity contribution is 0.0455. The van der Waals surface area contributed by atoms with Gasteiger partial charge in [0.05, 0.1) is 11.9 Å². The first-order valence-electron chi connectivity index (χ1n) is 8.02. The summed E-state index contributed by atoms with van der Waals surface area (Å²) in [5, 5.41) is 8.19. The first-order valence-corrected chi connectivity index (χ1v) is 8.02. The number of hydrogen-bond acceptors (Lipinski definition) is 2. The molecule has 3 unspecified atom stereocenters. The van der Waals surface area contributed by atoms with Crippen LogP contribution < -0.4 is 5.32 Å². The molecule has 0 amide bonds. The van der Waals surface area contributed by atoms with E-state index in [1.165, 1.54) is 18.4 Å². The van der Waals surface area contributed by atoms with E-state index in [-0.39, 0.29) is 0 Å². The fourth-order valence-electron chi connectivity index (χ4n) is 3.67. The normalized spacial score (nSPS) is 28.3. The van der Waals surface area contributed by atoms with Crippen molar-refractivity contribution in [2.45, 2.75) is 45.6 Å². The summed E-state index contributed by atoms with van der Waals surface area (Å²) in [4.78, 5) is 0. The molecule has 3 heteroatoms. The predicted molar refractivity (Wildman–Crippen MR) is 86.8 cm³/mol. The molecule has 0 saturated heterocycles. The highest BCUT2D eigenvalue weighted by molar-refractivity contribution is 5.33. The molecule has 21 heavy (non-hydrogen) atoms. The zero-order valence-corrected chi connectivity index (χ0v) is 13.2.